The van der Waals surface area contributed by atoms with Crippen molar-refractivity contribution in [2.24, 2.45) is 0 Å². The average Bonchev–Trinajstić information content (AvgIpc) is 3.07. The number of H-pyrrole nitrogens is 1. The minimum atomic E-state index is 0.417. The molecule has 1 N–H and O–H groups in total. The Hall–Kier alpha value is -3.05. The number of aromatic amines is 1. The maximum absolute atomic E-state index is 4.71. The third-order valence-electron chi connectivity index (χ3n) is 5.18. The Bertz CT molecular complexity index is 1080. The van der Waals surface area contributed by atoms with Gasteiger partial charge in [-0.25, -0.2) is 4.98 Å². The number of fused-ring (bicyclic) bond motifs is 1. The molecular weight excluding hydrogens is 334 g/mol. The highest BCUT2D eigenvalue weighted by molar-refractivity contribution is 5.75. The maximum atomic E-state index is 4.71. The normalized spacial score (nSPS) is 15.1. The topological polar surface area (TPSA) is 57.7 Å². The van der Waals surface area contributed by atoms with Crippen molar-refractivity contribution in [1.82, 2.24) is 24.8 Å². The van der Waals surface area contributed by atoms with Gasteiger partial charge in [-0.1, -0.05) is 36.4 Å². The van der Waals surface area contributed by atoms with Crippen LogP contribution in [0.2, 0.25) is 0 Å². The van der Waals surface area contributed by atoms with Crippen LogP contribution >= 0.6 is 0 Å². The van der Waals surface area contributed by atoms with E-state index in [1.807, 2.05) is 18.2 Å². The molecule has 5 rings (SSSR count). The number of benzene rings is 2. The SMILES string of the molecule is Cc1ccc2nc(CN3CC(c4nccnc4-c4ccccc4)C3)[nH]c2c1. The Morgan fingerprint density at radius 1 is 1.04 bits per heavy atom. The summed E-state index contributed by atoms with van der Waals surface area (Å²) in [6.07, 6.45) is 3.57. The van der Waals surface area contributed by atoms with Crippen molar-refractivity contribution in [2.75, 3.05) is 13.1 Å². The molecule has 1 fully saturated rings. The second-order valence-corrected chi connectivity index (χ2v) is 7.25. The predicted molar refractivity (Wildman–Crippen MR) is 106 cm³/mol. The van der Waals surface area contributed by atoms with Gasteiger partial charge < -0.3 is 4.98 Å². The molecule has 1 aliphatic heterocycles. The molecule has 27 heavy (non-hydrogen) atoms. The Morgan fingerprint density at radius 2 is 1.85 bits per heavy atom. The summed E-state index contributed by atoms with van der Waals surface area (Å²) in [6, 6.07) is 16.6. The van der Waals surface area contributed by atoms with E-state index in [0.29, 0.717) is 5.92 Å². The summed E-state index contributed by atoms with van der Waals surface area (Å²) >= 11 is 0. The van der Waals surface area contributed by atoms with Crippen LogP contribution in [0.1, 0.15) is 23.0 Å². The third kappa shape index (κ3) is 3.11. The molecular formula is C22H21N5. The summed E-state index contributed by atoms with van der Waals surface area (Å²) < 4.78 is 0. The Labute approximate surface area is 158 Å². The zero-order valence-corrected chi connectivity index (χ0v) is 15.3. The molecule has 4 aromatic rings. The van der Waals surface area contributed by atoms with E-state index in [4.69, 9.17) is 4.98 Å². The van der Waals surface area contributed by atoms with Gasteiger partial charge in [0.2, 0.25) is 0 Å². The van der Waals surface area contributed by atoms with Crippen LogP contribution in [-0.4, -0.2) is 37.9 Å². The van der Waals surface area contributed by atoms with Crippen LogP contribution in [0.4, 0.5) is 0 Å². The first-order valence-electron chi connectivity index (χ1n) is 9.30. The van der Waals surface area contributed by atoms with Crippen molar-refractivity contribution >= 4 is 11.0 Å². The summed E-state index contributed by atoms with van der Waals surface area (Å²) in [5.74, 6) is 1.44. The van der Waals surface area contributed by atoms with Crippen LogP contribution < -0.4 is 0 Å². The average molecular weight is 355 g/mol. The number of nitrogens with zero attached hydrogens (tertiary/aromatic N) is 4. The fourth-order valence-corrected chi connectivity index (χ4v) is 3.80. The summed E-state index contributed by atoms with van der Waals surface area (Å²) in [5, 5.41) is 0. The molecule has 134 valence electrons. The van der Waals surface area contributed by atoms with Crippen molar-refractivity contribution in [1.29, 1.82) is 0 Å². The lowest BCUT2D eigenvalue weighted by atomic mass is 9.92. The fraction of sp³-hybridized carbons (Fsp3) is 0.227. The highest BCUT2D eigenvalue weighted by Gasteiger charge is 2.32. The van der Waals surface area contributed by atoms with Gasteiger partial charge in [0.25, 0.3) is 0 Å². The van der Waals surface area contributed by atoms with Crippen molar-refractivity contribution < 1.29 is 0 Å². The molecule has 5 nitrogen and oxygen atoms in total. The largest absolute Gasteiger partial charge is 0.341 e. The van der Waals surface area contributed by atoms with Gasteiger partial charge in [-0.3, -0.25) is 14.9 Å². The zero-order valence-electron chi connectivity index (χ0n) is 15.3. The van der Waals surface area contributed by atoms with E-state index in [1.165, 1.54) is 5.56 Å². The van der Waals surface area contributed by atoms with Crippen molar-refractivity contribution in [3.63, 3.8) is 0 Å². The van der Waals surface area contributed by atoms with Crippen LogP contribution in [0.15, 0.2) is 60.9 Å². The van der Waals surface area contributed by atoms with Gasteiger partial charge in [-0.05, 0) is 24.6 Å². The zero-order chi connectivity index (χ0) is 18.2. The maximum Gasteiger partial charge on any atom is 0.121 e. The van der Waals surface area contributed by atoms with Gasteiger partial charge in [-0.15, -0.1) is 0 Å². The molecule has 0 amide bonds. The number of aromatic nitrogens is 4. The molecule has 2 aromatic carbocycles. The second-order valence-electron chi connectivity index (χ2n) is 7.25. The van der Waals surface area contributed by atoms with Gasteiger partial charge >= 0.3 is 0 Å². The van der Waals surface area contributed by atoms with Crippen molar-refractivity contribution in [3.05, 3.63) is 78.0 Å². The van der Waals surface area contributed by atoms with E-state index in [9.17, 15) is 0 Å². The molecule has 0 spiro atoms. The van der Waals surface area contributed by atoms with E-state index in [-0.39, 0.29) is 0 Å². The Kier molecular flexibility index (Phi) is 3.94. The summed E-state index contributed by atoms with van der Waals surface area (Å²) in [4.78, 5) is 19.8. The molecule has 0 atom stereocenters. The number of hydrogen-bond donors (Lipinski definition) is 1. The predicted octanol–water partition coefficient (Wildman–Crippen LogP) is 3.93. The number of nitrogens with one attached hydrogen (secondary N) is 1. The van der Waals surface area contributed by atoms with Crippen molar-refractivity contribution in [2.45, 2.75) is 19.4 Å². The van der Waals surface area contributed by atoms with Gasteiger partial charge in [-0.2, -0.15) is 0 Å². The minimum absolute atomic E-state index is 0.417. The van der Waals surface area contributed by atoms with E-state index < -0.39 is 0 Å². The van der Waals surface area contributed by atoms with Crippen molar-refractivity contribution in [3.8, 4) is 11.3 Å². The van der Waals surface area contributed by atoms with E-state index in [2.05, 4.69) is 57.1 Å². The molecule has 3 heterocycles. The Balaban J connectivity index is 1.31. The molecule has 0 saturated carbocycles. The molecule has 1 saturated heterocycles. The third-order valence-corrected chi connectivity index (χ3v) is 5.18. The number of hydrogen-bond acceptors (Lipinski definition) is 4. The van der Waals surface area contributed by atoms with Crippen LogP contribution in [0.5, 0.6) is 0 Å². The summed E-state index contributed by atoms with van der Waals surface area (Å²) in [7, 11) is 0. The van der Waals surface area contributed by atoms with Gasteiger partial charge in [0.1, 0.15) is 5.82 Å². The summed E-state index contributed by atoms with van der Waals surface area (Å²) in [6.45, 7) is 4.90. The highest BCUT2D eigenvalue weighted by Crippen LogP contribution is 2.32. The molecule has 0 unspecified atom stereocenters. The monoisotopic (exact) mass is 355 g/mol. The lowest BCUT2D eigenvalue weighted by Gasteiger charge is -2.38. The first-order valence-corrected chi connectivity index (χ1v) is 9.30. The second kappa shape index (κ2) is 6.59. The first-order chi connectivity index (χ1) is 13.3. The van der Waals surface area contributed by atoms with E-state index in [0.717, 1.165) is 53.4 Å². The van der Waals surface area contributed by atoms with Gasteiger partial charge in [0.05, 0.1) is 29.0 Å². The lowest BCUT2D eigenvalue weighted by molar-refractivity contribution is 0.134. The number of likely N-dealkylation sites (tertiary alicyclic amines) is 1. The minimum Gasteiger partial charge on any atom is -0.341 e. The molecule has 1 aliphatic rings. The smallest absolute Gasteiger partial charge is 0.121 e. The summed E-state index contributed by atoms with van der Waals surface area (Å²) in [5.41, 5.74) is 6.63. The fourth-order valence-electron chi connectivity index (χ4n) is 3.80. The van der Waals surface area contributed by atoms with Crippen LogP contribution in [-0.2, 0) is 6.54 Å². The lowest BCUT2D eigenvalue weighted by Crippen LogP contribution is -2.45. The highest BCUT2D eigenvalue weighted by atomic mass is 15.2. The Morgan fingerprint density at radius 3 is 2.70 bits per heavy atom. The number of aryl methyl sites for hydroxylation is 1. The van der Waals surface area contributed by atoms with E-state index in [1.54, 1.807) is 12.4 Å². The number of rotatable bonds is 4. The molecule has 5 heteroatoms. The standard InChI is InChI=1S/C22H21N5/c1-15-7-8-18-19(11-15)26-20(25-18)14-27-12-17(13-27)22-21(23-9-10-24-22)16-5-3-2-4-6-16/h2-11,17H,12-14H2,1H3,(H,25,26). The molecule has 0 radical (unpaired) electrons. The first kappa shape index (κ1) is 16.1. The number of imidazole rings is 1. The van der Waals surface area contributed by atoms with Crippen LogP contribution in [0.3, 0.4) is 0 Å². The van der Waals surface area contributed by atoms with Crippen LogP contribution in [0, 0.1) is 6.92 Å². The molecule has 0 aliphatic carbocycles. The van der Waals surface area contributed by atoms with Gasteiger partial charge in [0, 0.05) is 37.0 Å². The van der Waals surface area contributed by atoms with Crippen LogP contribution in [0.25, 0.3) is 22.3 Å². The quantitative estimate of drug-likeness (QED) is 0.603. The molecule has 0 bridgehead atoms. The van der Waals surface area contributed by atoms with Gasteiger partial charge in [0.15, 0.2) is 0 Å². The van der Waals surface area contributed by atoms with E-state index >= 15 is 0 Å². The molecule has 2 aromatic heterocycles.